The highest BCUT2D eigenvalue weighted by Gasteiger charge is 2.48. The van der Waals surface area contributed by atoms with Gasteiger partial charge in [0.25, 0.3) is 6.71 Å². The smallest absolute Gasteiger partial charge is 0.297 e. The van der Waals surface area contributed by atoms with E-state index in [1.807, 2.05) is 0 Å². The maximum absolute atomic E-state index is 7.42. The van der Waals surface area contributed by atoms with Crippen LogP contribution in [0.4, 0.5) is 34.1 Å². The highest BCUT2D eigenvalue weighted by atomic mass is 16.3. The molecule has 0 radical (unpaired) electrons. The molecule has 3 heterocycles. The van der Waals surface area contributed by atoms with Crippen molar-refractivity contribution in [3.63, 3.8) is 0 Å². The van der Waals surface area contributed by atoms with E-state index in [9.17, 15) is 0 Å². The van der Waals surface area contributed by atoms with E-state index in [0.717, 1.165) is 23.4 Å². The van der Waals surface area contributed by atoms with Gasteiger partial charge in [0.2, 0.25) is 0 Å². The Bertz CT molecular complexity index is 3130. The van der Waals surface area contributed by atoms with Gasteiger partial charge in [-0.25, -0.2) is 0 Å². The van der Waals surface area contributed by atoms with E-state index in [4.69, 9.17) is 4.42 Å². The van der Waals surface area contributed by atoms with E-state index in [-0.39, 0.29) is 39.2 Å². The van der Waals surface area contributed by atoms with Gasteiger partial charge < -0.3 is 14.2 Å². The predicted molar refractivity (Wildman–Crippen MR) is 290 cm³/mol. The summed E-state index contributed by atoms with van der Waals surface area (Å²) in [5, 5.41) is 1.17. The molecule has 10 rings (SSSR count). The SMILES string of the molecule is Cc1cc2c3c(c1)N(c1ccc4c(c1)C(C)(C)CCC4(C)C)c1c(oc4ccc(C(C)(C)C)cc14)B3c1cc(C(C)(C)C)ccc1N2c1ccc(C(C)(C)C)cc1-c1ccc(C(C)(C)C)cc1. The number of nitrogens with zero attached hydrogens (tertiary/aromatic N) is 2. The third-order valence-electron chi connectivity index (χ3n) is 15.8. The monoisotopic (exact) mass is 885 g/mol. The average molecular weight is 885 g/mol. The summed E-state index contributed by atoms with van der Waals surface area (Å²) in [6.07, 6.45) is 2.34. The molecule has 344 valence electrons. The van der Waals surface area contributed by atoms with Gasteiger partial charge in [-0.05, 0) is 162 Å². The molecule has 0 amide bonds. The summed E-state index contributed by atoms with van der Waals surface area (Å²) in [7, 11) is 0. The van der Waals surface area contributed by atoms with Crippen LogP contribution >= 0.6 is 0 Å². The topological polar surface area (TPSA) is 19.6 Å². The number of rotatable bonds is 3. The van der Waals surface area contributed by atoms with Crippen LogP contribution in [0.2, 0.25) is 0 Å². The second-order valence-electron chi connectivity index (χ2n) is 25.9. The zero-order valence-corrected chi connectivity index (χ0v) is 43.7. The van der Waals surface area contributed by atoms with E-state index in [1.54, 1.807) is 0 Å². The quantitative estimate of drug-likeness (QED) is 0.165. The molecule has 6 aromatic carbocycles. The number of aryl methyl sites for hydroxylation is 1. The van der Waals surface area contributed by atoms with Crippen molar-refractivity contribution in [1.82, 2.24) is 0 Å². The molecule has 0 fully saturated rings. The molecule has 0 atom stereocenters. The highest BCUT2D eigenvalue weighted by molar-refractivity contribution is 7.00. The molecule has 0 bridgehead atoms. The lowest BCUT2D eigenvalue weighted by atomic mass is 9.35. The molecule has 3 aliphatic rings. The van der Waals surface area contributed by atoms with Gasteiger partial charge in [-0.1, -0.05) is 165 Å². The van der Waals surface area contributed by atoms with Crippen LogP contribution in [0.15, 0.2) is 114 Å². The van der Waals surface area contributed by atoms with E-state index >= 15 is 0 Å². The summed E-state index contributed by atoms with van der Waals surface area (Å²) >= 11 is 0. The summed E-state index contributed by atoms with van der Waals surface area (Å²) in [4.78, 5) is 5.20. The van der Waals surface area contributed by atoms with Crippen LogP contribution in [0.1, 0.15) is 163 Å². The van der Waals surface area contributed by atoms with Gasteiger partial charge >= 0.3 is 0 Å². The molecule has 0 spiro atoms. The van der Waals surface area contributed by atoms with E-state index < -0.39 is 0 Å². The largest absolute Gasteiger partial charge is 0.468 e. The molecular weight excluding hydrogens is 812 g/mol. The molecule has 4 heteroatoms. The van der Waals surface area contributed by atoms with Crippen molar-refractivity contribution in [3.8, 4) is 11.1 Å². The number of fused-ring (bicyclic) bond motifs is 7. The number of benzene rings is 6. The second kappa shape index (κ2) is 14.8. The maximum atomic E-state index is 7.42. The molecule has 1 aromatic heterocycles. The molecule has 0 unspecified atom stereocenters. The Morgan fingerprint density at radius 1 is 0.493 bits per heavy atom. The fourth-order valence-electron chi connectivity index (χ4n) is 11.4. The van der Waals surface area contributed by atoms with Gasteiger partial charge in [0.1, 0.15) is 5.58 Å². The Morgan fingerprint density at radius 2 is 1.01 bits per heavy atom. The van der Waals surface area contributed by atoms with Crippen molar-refractivity contribution in [1.29, 1.82) is 0 Å². The zero-order valence-electron chi connectivity index (χ0n) is 43.7. The van der Waals surface area contributed by atoms with E-state index in [0.29, 0.717) is 0 Å². The van der Waals surface area contributed by atoms with Gasteiger partial charge in [-0.15, -0.1) is 0 Å². The van der Waals surface area contributed by atoms with Crippen molar-refractivity contribution in [3.05, 3.63) is 148 Å². The maximum Gasteiger partial charge on any atom is 0.297 e. The van der Waals surface area contributed by atoms with Crippen molar-refractivity contribution in [2.24, 2.45) is 0 Å². The molecule has 67 heavy (non-hydrogen) atoms. The third-order valence-corrected chi connectivity index (χ3v) is 15.8. The minimum Gasteiger partial charge on any atom is -0.468 e. The van der Waals surface area contributed by atoms with E-state index in [2.05, 4.69) is 237 Å². The van der Waals surface area contributed by atoms with Crippen molar-refractivity contribution in [2.45, 2.75) is 163 Å². The number of hydrogen-bond acceptors (Lipinski definition) is 3. The molecule has 0 saturated heterocycles. The van der Waals surface area contributed by atoms with Crippen LogP contribution in [0, 0.1) is 6.92 Å². The number of furan rings is 1. The molecule has 1 aliphatic carbocycles. The molecule has 3 nitrogen and oxygen atoms in total. The summed E-state index contributed by atoms with van der Waals surface area (Å²) in [5.74, 6) is 0. The third kappa shape index (κ3) is 7.39. The highest BCUT2D eigenvalue weighted by Crippen LogP contribution is 2.52. The number of hydrogen-bond donors (Lipinski definition) is 0. The van der Waals surface area contributed by atoms with Crippen molar-refractivity contribution >= 4 is 68.4 Å². The van der Waals surface area contributed by atoms with Crippen molar-refractivity contribution < 1.29 is 4.42 Å². The van der Waals surface area contributed by atoms with Gasteiger partial charge in [-0.3, -0.25) is 0 Å². The first kappa shape index (κ1) is 45.3. The van der Waals surface area contributed by atoms with Crippen LogP contribution in [0.25, 0.3) is 22.1 Å². The average Bonchev–Trinajstić information content (AvgIpc) is 3.62. The summed E-state index contributed by atoms with van der Waals surface area (Å²) < 4.78 is 7.42. The van der Waals surface area contributed by atoms with Gasteiger partial charge in [0, 0.05) is 33.7 Å². The first-order valence-corrected chi connectivity index (χ1v) is 25.0. The van der Waals surface area contributed by atoms with Crippen LogP contribution in [-0.4, -0.2) is 6.71 Å². The lowest BCUT2D eigenvalue weighted by Gasteiger charge is -2.45. The molecule has 2 aliphatic heterocycles. The Hall–Kier alpha value is -5.48. The fraction of sp³-hybridized carbons (Fsp3) is 0.397. The Kier molecular flexibility index (Phi) is 9.98. The standard InChI is InChI=1S/C63H73BN2O/c1-38-32-52-55-53(33-38)66(50-27-22-41(59(5,6)7)34-45(50)39-18-20-40(21-19-39)58(2,3)4)51-28-23-43(61(11,12)13)36-49(51)64(55)57-56(46-35-42(60(8,9)10)24-29-54(46)67-57)65(52)44-25-26-47-48(37-44)63(16,17)31-30-62(47,14)15/h18-29,32-37H,30-31H2,1-17H3. The summed E-state index contributed by atoms with van der Waals surface area (Å²) in [5.41, 5.74) is 23.7. The van der Waals surface area contributed by atoms with Gasteiger partial charge in [-0.2, -0.15) is 0 Å². The zero-order chi connectivity index (χ0) is 48.1. The summed E-state index contributed by atoms with van der Waals surface area (Å²) in [6, 6.07) is 43.1. The second-order valence-corrected chi connectivity index (χ2v) is 25.9. The Morgan fingerprint density at radius 3 is 1.63 bits per heavy atom. The minimum atomic E-state index is -0.132. The molecule has 0 saturated carbocycles. The minimum absolute atomic E-state index is 0.0304. The van der Waals surface area contributed by atoms with Gasteiger partial charge in [0.15, 0.2) is 0 Å². The molecule has 7 aromatic rings. The van der Waals surface area contributed by atoms with Crippen LogP contribution in [-0.2, 0) is 32.5 Å². The van der Waals surface area contributed by atoms with Crippen molar-refractivity contribution in [2.75, 3.05) is 9.80 Å². The fourth-order valence-corrected chi connectivity index (χ4v) is 11.4. The van der Waals surface area contributed by atoms with Crippen LogP contribution in [0.5, 0.6) is 0 Å². The normalized spacial score (nSPS) is 16.5. The van der Waals surface area contributed by atoms with E-state index in [1.165, 1.54) is 101 Å². The number of anilines is 6. The summed E-state index contributed by atoms with van der Waals surface area (Å²) in [6.45, 7) is 39.7. The Balaban J connectivity index is 1.32. The van der Waals surface area contributed by atoms with Crippen LogP contribution < -0.4 is 26.4 Å². The van der Waals surface area contributed by atoms with Gasteiger partial charge in [0.05, 0.1) is 17.0 Å². The van der Waals surface area contributed by atoms with Crippen LogP contribution in [0.3, 0.4) is 0 Å². The molecule has 0 N–H and O–H groups in total. The first-order valence-electron chi connectivity index (χ1n) is 25.0. The molecular formula is C63H73BN2O. The Labute approximate surface area is 403 Å². The lowest BCUT2D eigenvalue weighted by molar-refractivity contribution is 0.332. The predicted octanol–water partition coefficient (Wildman–Crippen LogP) is 16.0. The lowest BCUT2D eigenvalue weighted by Crippen LogP contribution is -2.61. The first-order chi connectivity index (χ1) is 31.1.